The van der Waals surface area contributed by atoms with Crippen LogP contribution in [-0.4, -0.2) is 6.54 Å². The van der Waals surface area contributed by atoms with E-state index in [-0.39, 0.29) is 5.69 Å². The lowest BCUT2D eigenvalue weighted by Gasteiger charge is -2.21. The minimum atomic E-state index is -0.628. The molecule has 1 nitrogen and oxygen atoms in total. The molecule has 0 saturated heterocycles. The van der Waals surface area contributed by atoms with Gasteiger partial charge in [0.25, 0.3) is 0 Å². The Bertz CT molecular complexity index is 649. The Hall–Kier alpha value is -1.49. The first-order valence-corrected chi connectivity index (χ1v) is 7.32. The summed E-state index contributed by atoms with van der Waals surface area (Å²) in [6, 6.07) is 6.94. The number of hydrogen-bond acceptors (Lipinski definition) is 1. The van der Waals surface area contributed by atoms with Crippen LogP contribution in [0.4, 0.5) is 24.5 Å². The molecular formula is C15H11BrF3N. The zero-order chi connectivity index (χ0) is 14.3. The molecule has 1 heterocycles. The van der Waals surface area contributed by atoms with Gasteiger partial charge in [0.1, 0.15) is 23.1 Å². The molecule has 0 amide bonds. The van der Waals surface area contributed by atoms with Gasteiger partial charge >= 0.3 is 0 Å². The van der Waals surface area contributed by atoms with Crippen LogP contribution in [0.2, 0.25) is 0 Å². The van der Waals surface area contributed by atoms with Crippen molar-refractivity contribution in [2.45, 2.75) is 11.8 Å². The number of anilines is 2. The minimum Gasteiger partial charge on any atom is -0.336 e. The summed E-state index contributed by atoms with van der Waals surface area (Å²) in [5.74, 6) is -1.67. The van der Waals surface area contributed by atoms with E-state index in [1.807, 2.05) is 0 Å². The highest BCUT2D eigenvalue weighted by Gasteiger charge is 2.26. The van der Waals surface area contributed by atoms with E-state index in [9.17, 15) is 13.2 Å². The number of nitrogens with zero attached hydrogens (tertiary/aromatic N) is 1. The lowest BCUT2D eigenvalue weighted by atomic mass is 10.1. The van der Waals surface area contributed by atoms with Crippen LogP contribution in [0.5, 0.6) is 0 Å². The zero-order valence-electron chi connectivity index (χ0n) is 10.5. The van der Waals surface area contributed by atoms with E-state index in [1.165, 1.54) is 29.2 Å². The van der Waals surface area contributed by atoms with Crippen molar-refractivity contribution in [2.24, 2.45) is 0 Å². The molecule has 0 saturated carbocycles. The second-order valence-corrected chi connectivity index (χ2v) is 5.28. The number of halogens is 4. The monoisotopic (exact) mass is 341 g/mol. The number of fused-ring (bicyclic) bond motifs is 1. The molecule has 20 heavy (non-hydrogen) atoms. The predicted octanol–water partition coefficient (Wildman–Crippen LogP) is 4.69. The Morgan fingerprint density at radius 1 is 1.05 bits per heavy atom. The maximum Gasteiger partial charge on any atom is 0.150 e. The van der Waals surface area contributed by atoms with Gasteiger partial charge in [-0.15, -0.1) is 0 Å². The third-order valence-corrected chi connectivity index (χ3v) is 4.09. The van der Waals surface area contributed by atoms with Crippen LogP contribution in [-0.2, 0) is 11.8 Å². The minimum absolute atomic E-state index is 0.112. The summed E-state index contributed by atoms with van der Waals surface area (Å²) in [6.45, 7) is 0.445. The summed E-state index contributed by atoms with van der Waals surface area (Å²) in [4.78, 5) is 1.50. The number of alkyl halides is 1. The van der Waals surface area contributed by atoms with Gasteiger partial charge in [-0.3, -0.25) is 0 Å². The van der Waals surface area contributed by atoms with Crippen molar-refractivity contribution in [3.8, 4) is 0 Å². The first-order chi connectivity index (χ1) is 9.60. The van der Waals surface area contributed by atoms with Crippen LogP contribution in [0.1, 0.15) is 11.1 Å². The van der Waals surface area contributed by atoms with Gasteiger partial charge in [-0.2, -0.15) is 0 Å². The molecule has 0 aromatic heterocycles. The summed E-state index contributed by atoms with van der Waals surface area (Å²) in [5, 5.41) is 0.381. The van der Waals surface area contributed by atoms with Crippen molar-refractivity contribution in [1.29, 1.82) is 0 Å². The Labute approximate surface area is 123 Å². The van der Waals surface area contributed by atoms with Gasteiger partial charge < -0.3 is 4.90 Å². The molecule has 0 atom stereocenters. The zero-order valence-corrected chi connectivity index (χ0v) is 12.1. The summed E-state index contributed by atoms with van der Waals surface area (Å²) < 4.78 is 41.6. The maximum absolute atomic E-state index is 14.1. The van der Waals surface area contributed by atoms with E-state index in [0.717, 1.165) is 5.56 Å². The van der Waals surface area contributed by atoms with Crippen molar-refractivity contribution in [1.82, 2.24) is 0 Å². The topological polar surface area (TPSA) is 3.24 Å². The number of benzene rings is 2. The van der Waals surface area contributed by atoms with E-state index in [2.05, 4.69) is 15.9 Å². The normalized spacial score (nSPS) is 13.7. The third kappa shape index (κ3) is 2.20. The average Bonchev–Trinajstić information content (AvgIpc) is 2.81. The Kier molecular flexibility index (Phi) is 3.46. The van der Waals surface area contributed by atoms with E-state index in [0.29, 0.717) is 29.5 Å². The van der Waals surface area contributed by atoms with Gasteiger partial charge in [-0.1, -0.05) is 22.0 Å². The van der Waals surface area contributed by atoms with Crippen molar-refractivity contribution in [2.75, 3.05) is 11.4 Å². The van der Waals surface area contributed by atoms with Crippen molar-refractivity contribution in [3.05, 3.63) is 58.9 Å². The van der Waals surface area contributed by atoms with Gasteiger partial charge in [0, 0.05) is 17.6 Å². The van der Waals surface area contributed by atoms with Crippen LogP contribution in [0, 0.1) is 17.5 Å². The quantitative estimate of drug-likeness (QED) is 0.716. The molecule has 0 fully saturated rings. The summed E-state index contributed by atoms with van der Waals surface area (Å²) in [5.41, 5.74) is 1.85. The highest BCUT2D eigenvalue weighted by molar-refractivity contribution is 9.08. The number of hydrogen-bond donors (Lipinski definition) is 0. The SMILES string of the molecule is Fc1ccc2c(c1)N(c1c(F)cc(CBr)cc1F)CC2. The molecule has 2 aromatic carbocycles. The summed E-state index contributed by atoms with van der Waals surface area (Å²) >= 11 is 3.17. The first-order valence-electron chi connectivity index (χ1n) is 6.20. The average molecular weight is 342 g/mol. The second-order valence-electron chi connectivity index (χ2n) is 4.72. The summed E-state index contributed by atoms with van der Waals surface area (Å²) in [6.07, 6.45) is 0.648. The molecule has 1 aliphatic rings. The maximum atomic E-state index is 14.1. The molecule has 1 aliphatic heterocycles. The highest BCUT2D eigenvalue weighted by atomic mass is 79.9. The molecular weight excluding hydrogens is 331 g/mol. The molecule has 5 heteroatoms. The van der Waals surface area contributed by atoms with E-state index in [1.54, 1.807) is 6.07 Å². The molecule has 3 rings (SSSR count). The Morgan fingerprint density at radius 2 is 1.75 bits per heavy atom. The highest BCUT2D eigenvalue weighted by Crippen LogP contribution is 2.38. The van der Waals surface area contributed by atoms with Crippen LogP contribution in [0.25, 0.3) is 0 Å². The van der Waals surface area contributed by atoms with Gasteiger partial charge in [-0.05, 0) is 41.8 Å². The van der Waals surface area contributed by atoms with Crippen LogP contribution in [0.3, 0.4) is 0 Å². The van der Waals surface area contributed by atoms with Gasteiger partial charge in [0.2, 0.25) is 0 Å². The Morgan fingerprint density at radius 3 is 2.40 bits per heavy atom. The fourth-order valence-corrected chi connectivity index (χ4v) is 2.86. The summed E-state index contributed by atoms with van der Waals surface area (Å²) in [7, 11) is 0. The van der Waals surface area contributed by atoms with E-state index >= 15 is 0 Å². The fraction of sp³-hybridized carbons (Fsp3) is 0.200. The van der Waals surface area contributed by atoms with Crippen molar-refractivity contribution in [3.63, 3.8) is 0 Å². The smallest absolute Gasteiger partial charge is 0.150 e. The molecule has 0 radical (unpaired) electrons. The number of rotatable bonds is 2. The van der Waals surface area contributed by atoms with E-state index in [4.69, 9.17) is 0 Å². The Balaban J connectivity index is 2.11. The standard InChI is InChI=1S/C15H11BrF3N/c16-8-9-5-12(18)15(13(19)6-9)20-4-3-10-1-2-11(17)7-14(10)20/h1-2,5-7H,3-4,8H2. The lowest BCUT2D eigenvalue weighted by Crippen LogP contribution is -2.17. The van der Waals surface area contributed by atoms with Crippen LogP contribution < -0.4 is 4.90 Å². The molecule has 2 aromatic rings. The molecule has 0 aliphatic carbocycles. The van der Waals surface area contributed by atoms with Crippen molar-refractivity contribution < 1.29 is 13.2 Å². The van der Waals surface area contributed by atoms with Gasteiger partial charge in [-0.25, -0.2) is 13.2 Å². The van der Waals surface area contributed by atoms with E-state index < -0.39 is 17.5 Å². The van der Waals surface area contributed by atoms with Crippen LogP contribution >= 0.6 is 15.9 Å². The second kappa shape index (κ2) is 5.13. The fourth-order valence-electron chi connectivity index (χ4n) is 2.54. The molecule has 0 bridgehead atoms. The largest absolute Gasteiger partial charge is 0.336 e. The predicted molar refractivity (Wildman–Crippen MR) is 76.1 cm³/mol. The van der Waals surface area contributed by atoms with Gasteiger partial charge in [0.15, 0.2) is 0 Å². The molecule has 0 N–H and O–H groups in total. The van der Waals surface area contributed by atoms with Crippen molar-refractivity contribution >= 4 is 27.3 Å². The van der Waals surface area contributed by atoms with Gasteiger partial charge in [0.05, 0.1) is 0 Å². The molecule has 104 valence electrons. The first kappa shape index (κ1) is 13.5. The third-order valence-electron chi connectivity index (χ3n) is 3.44. The lowest BCUT2D eigenvalue weighted by molar-refractivity contribution is 0.579. The molecule has 0 unspecified atom stereocenters. The molecule has 0 spiro atoms. The van der Waals surface area contributed by atoms with Crippen LogP contribution in [0.15, 0.2) is 30.3 Å².